The Morgan fingerprint density at radius 2 is 2.14 bits per heavy atom. The zero-order valence-corrected chi connectivity index (χ0v) is 17.4. The number of hydrogen-bond acceptors (Lipinski definition) is 6. The normalized spacial score (nSPS) is 12.6. The number of nitrogens with zero attached hydrogens (tertiary/aromatic N) is 4. The second kappa shape index (κ2) is 7.35. The minimum Gasteiger partial charge on any atom is -0.370 e. The van der Waals surface area contributed by atoms with Gasteiger partial charge < -0.3 is 10.6 Å². The van der Waals surface area contributed by atoms with Crippen LogP contribution in [0.1, 0.15) is 45.0 Å². The number of pyridine rings is 1. The van der Waals surface area contributed by atoms with E-state index in [1.165, 1.54) is 23.8 Å². The molecule has 4 rings (SSSR count). The van der Waals surface area contributed by atoms with Crippen molar-refractivity contribution in [1.29, 1.82) is 0 Å². The monoisotopic (exact) mass is 396 g/mol. The molecule has 7 nitrogen and oxygen atoms in total. The van der Waals surface area contributed by atoms with Crippen molar-refractivity contribution in [1.82, 2.24) is 19.7 Å². The van der Waals surface area contributed by atoms with Crippen LogP contribution in [0.2, 0.25) is 0 Å². The van der Waals surface area contributed by atoms with Crippen LogP contribution in [0.4, 0.5) is 10.9 Å². The van der Waals surface area contributed by atoms with Gasteiger partial charge >= 0.3 is 0 Å². The molecule has 1 aliphatic carbocycles. The van der Waals surface area contributed by atoms with Crippen molar-refractivity contribution in [2.45, 2.75) is 46.6 Å². The molecular weight excluding hydrogens is 372 g/mol. The summed E-state index contributed by atoms with van der Waals surface area (Å²) in [4.78, 5) is 21.7. The van der Waals surface area contributed by atoms with E-state index in [0.717, 1.165) is 52.7 Å². The maximum Gasteiger partial charge on any atom is 0.223 e. The summed E-state index contributed by atoms with van der Waals surface area (Å²) in [6.45, 7) is 8.67. The SMILES string of the molecule is CCNc1ccc(-c2nn(C(C)C)c3c2CCc2nc(NC(C)=O)sc2-3)cn1. The van der Waals surface area contributed by atoms with E-state index in [4.69, 9.17) is 5.10 Å². The Morgan fingerprint density at radius 3 is 2.79 bits per heavy atom. The van der Waals surface area contributed by atoms with Crippen LogP contribution in [0.15, 0.2) is 18.3 Å². The van der Waals surface area contributed by atoms with Gasteiger partial charge in [-0.15, -0.1) is 0 Å². The lowest BCUT2D eigenvalue weighted by molar-refractivity contribution is -0.114. The Morgan fingerprint density at radius 1 is 1.32 bits per heavy atom. The number of hydrogen-bond donors (Lipinski definition) is 2. The molecule has 8 heteroatoms. The summed E-state index contributed by atoms with van der Waals surface area (Å²) in [5, 5.41) is 11.7. The lowest BCUT2D eigenvalue weighted by Crippen LogP contribution is -2.09. The molecule has 0 aliphatic heterocycles. The maximum absolute atomic E-state index is 11.4. The first-order valence-electron chi connectivity index (χ1n) is 9.57. The van der Waals surface area contributed by atoms with Gasteiger partial charge in [0, 0.05) is 36.8 Å². The summed E-state index contributed by atoms with van der Waals surface area (Å²) in [7, 11) is 0. The Balaban J connectivity index is 1.81. The van der Waals surface area contributed by atoms with Crippen molar-refractivity contribution in [3.05, 3.63) is 29.6 Å². The zero-order chi connectivity index (χ0) is 19.8. The van der Waals surface area contributed by atoms with Crippen molar-refractivity contribution < 1.29 is 4.79 Å². The van der Waals surface area contributed by atoms with Gasteiger partial charge in [0.2, 0.25) is 5.91 Å². The quantitative estimate of drug-likeness (QED) is 0.677. The van der Waals surface area contributed by atoms with Gasteiger partial charge in [0.05, 0.1) is 22.0 Å². The zero-order valence-electron chi connectivity index (χ0n) is 16.5. The van der Waals surface area contributed by atoms with Gasteiger partial charge in [-0.25, -0.2) is 9.97 Å². The Kier molecular flexibility index (Phi) is 4.89. The summed E-state index contributed by atoms with van der Waals surface area (Å²) in [6, 6.07) is 4.28. The number of thiazole rings is 1. The van der Waals surface area contributed by atoms with Crippen LogP contribution in [0.3, 0.4) is 0 Å². The van der Waals surface area contributed by atoms with E-state index in [-0.39, 0.29) is 11.9 Å². The second-order valence-electron chi connectivity index (χ2n) is 7.15. The van der Waals surface area contributed by atoms with Crippen molar-refractivity contribution in [2.24, 2.45) is 0 Å². The molecule has 0 spiro atoms. The smallest absolute Gasteiger partial charge is 0.223 e. The third kappa shape index (κ3) is 3.28. The predicted octanol–water partition coefficient (Wildman–Crippen LogP) is 4.14. The van der Waals surface area contributed by atoms with Gasteiger partial charge in [-0.1, -0.05) is 11.3 Å². The molecule has 0 saturated heterocycles. The fraction of sp³-hybridized carbons (Fsp3) is 0.400. The highest BCUT2D eigenvalue weighted by atomic mass is 32.1. The van der Waals surface area contributed by atoms with Gasteiger partial charge in [0.15, 0.2) is 5.13 Å². The first-order valence-corrected chi connectivity index (χ1v) is 10.4. The Bertz CT molecular complexity index is 1020. The number of aryl methyl sites for hydroxylation is 1. The number of amides is 1. The molecule has 0 saturated carbocycles. The van der Waals surface area contributed by atoms with E-state index in [1.807, 2.05) is 12.3 Å². The number of carbonyl (C=O) groups is 1. The topological polar surface area (TPSA) is 84.7 Å². The molecule has 0 fully saturated rings. The number of anilines is 2. The molecule has 3 aromatic rings. The number of aromatic nitrogens is 4. The summed E-state index contributed by atoms with van der Waals surface area (Å²) in [6.07, 6.45) is 3.61. The molecule has 146 valence electrons. The number of carbonyl (C=O) groups excluding carboxylic acids is 1. The highest BCUT2D eigenvalue weighted by Gasteiger charge is 2.30. The van der Waals surface area contributed by atoms with Gasteiger partial charge in [-0.2, -0.15) is 5.10 Å². The average molecular weight is 397 g/mol. The van der Waals surface area contributed by atoms with Crippen LogP contribution in [0.5, 0.6) is 0 Å². The minimum atomic E-state index is -0.101. The Labute approximate surface area is 168 Å². The fourth-order valence-corrected chi connectivity index (χ4v) is 4.65. The molecule has 0 radical (unpaired) electrons. The number of fused-ring (bicyclic) bond motifs is 3. The van der Waals surface area contributed by atoms with E-state index in [9.17, 15) is 4.79 Å². The minimum absolute atomic E-state index is 0.101. The number of nitrogens with one attached hydrogen (secondary N) is 2. The van der Waals surface area contributed by atoms with Gasteiger partial charge in [0.1, 0.15) is 5.82 Å². The first kappa shape index (κ1) is 18.6. The molecule has 0 aromatic carbocycles. The van der Waals surface area contributed by atoms with E-state index in [1.54, 1.807) is 0 Å². The molecule has 0 bridgehead atoms. The lowest BCUT2D eigenvalue weighted by Gasteiger charge is -2.15. The average Bonchev–Trinajstić information content (AvgIpc) is 3.22. The van der Waals surface area contributed by atoms with E-state index in [2.05, 4.69) is 52.1 Å². The van der Waals surface area contributed by atoms with E-state index < -0.39 is 0 Å². The highest BCUT2D eigenvalue weighted by Crippen LogP contribution is 2.44. The van der Waals surface area contributed by atoms with Crippen molar-refractivity contribution in [3.8, 4) is 21.8 Å². The predicted molar refractivity (Wildman–Crippen MR) is 113 cm³/mol. The summed E-state index contributed by atoms with van der Waals surface area (Å²) < 4.78 is 2.08. The molecule has 1 aliphatic rings. The van der Waals surface area contributed by atoms with Crippen LogP contribution in [0, 0.1) is 0 Å². The lowest BCUT2D eigenvalue weighted by atomic mass is 9.95. The van der Waals surface area contributed by atoms with Gasteiger partial charge in [-0.3, -0.25) is 9.48 Å². The van der Waals surface area contributed by atoms with Crippen LogP contribution in [-0.2, 0) is 17.6 Å². The maximum atomic E-state index is 11.4. The molecule has 1 amide bonds. The molecular formula is C20H24N6OS. The van der Waals surface area contributed by atoms with Crippen LogP contribution in [0.25, 0.3) is 21.8 Å². The third-order valence-corrected chi connectivity index (χ3v) is 5.72. The number of rotatable bonds is 5. The van der Waals surface area contributed by atoms with Crippen molar-refractivity contribution >= 4 is 28.2 Å². The summed E-state index contributed by atoms with van der Waals surface area (Å²) >= 11 is 1.53. The fourth-order valence-electron chi connectivity index (χ4n) is 3.53. The molecule has 28 heavy (non-hydrogen) atoms. The largest absolute Gasteiger partial charge is 0.370 e. The van der Waals surface area contributed by atoms with Crippen molar-refractivity contribution in [3.63, 3.8) is 0 Å². The van der Waals surface area contributed by atoms with Crippen molar-refractivity contribution in [2.75, 3.05) is 17.2 Å². The first-order chi connectivity index (χ1) is 13.5. The molecule has 0 atom stereocenters. The molecule has 3 aromatic heterocycles. The molecule has 0 unspecified atom stereocenters. The standard InChI is InChI=1S/C20H24N6OS/c1-5-21-16-9-6-13(10-22-16)17-14-7-8-15-19(18(14)26(25-17)11(2)3)28-20(24-15)23-12(4)27/h6,9-11H,5,7-8H2,1-4H3,(H,21,22)(H,23,24,27). The van der Waals surface area contributed by atoms with E-state index >= 15 is 0 Å². The Hall–Kier alpha value is -2.74. The second-order valence-corrected chi connectivity index (χ2v) is 8.15. The highest BCUT2D eigenvalue weighted by molar-refractivity contribution is 7.19. The van der Waals surface area contributed by atoms with E-state index in [0.29, 0.717) is 5.13 Å². The van der Waals surface area contributed by atoms with Crippen LogP contribution in [-0.4, -0.2) is 32.2 Å². The molecule has 2 N–H and O–H groups in total. The van der Waals surface area contributed by atoms with Gasteiger partial charge in [0.25, 0.3) is 0 Å². The van der Waals surface area contributed by atoms with Crippen LogP contribution < -0.4 is 10.6 Å². The van der Waals surface area contributed by atoms with Gasteiger partial charge in [-0.05, 0) is 45.7 Å². The summed E-state index contributed by atoms with van der Waals surface area (Å²) in [5.74, 6) is 0.768. The third-order valence-electron chi connectivity index (χ3n) is 4.70. The molecule has 3 heterocycles. The van der Waals surface area contributed by atoms with Crippen LogP contribution >= 0.6 is 11.3 Å². The summed E-state index contributed by atoms with van der Waals surface area (Å²) in [5.41, 5.74) is 5.40.